The molecule has 0 heterocycles. The zero-order valence-corrected chi connectivity index (χ0v) is 15.8. The van der Waals surface area contributed by atoms with Gasteiger partial charge in [-0.05, 0) is 24.9 Å². The van der Waals surface area contributed by atoms with Gasteiger partial charge in [-0.1, -0.05) is 68.9 Å². The Morgan fingerprint density at radius 2 is 1.58 bits per heavy atom. The highest BCUT2D eigenvalue weighted by molar-refractivity contribution is 5.64. The lowest BCUT2D eigenvalue weighted by Crippen LogP contribution is -2.25. The molecule has 1 aromatic rings. The number of rotatable bonds is 15. The molecular formula is C21H33N3O2. The second-order valence-corrected chi connectivity index (χ2v) is 6.73. The number of nitrogens with one attached hydrogen (secondary N) is 1. The van der Waals surface area contributed by atoms with Gasteiger partial charge in [-0.2, -0.15) is 5.26 Å². The molecule has 26 heavy (non-hydrogen) atoms. The molecule has 0 saturated carbocycles. The van der Waals surface area contributed by atoms with Crippen LogP contribution in [0.1, 0.15) is 63.4 Å². The summed E-state index contributed by atoms with van der Waals surface area (Å²) in [6, 6.07) is 12.7. The third kappa shape index (κ3) is 12.3. The van der Waals surface area contributed by atoms with E-state index in [0.29, 0.717) is 13.0 Å². The van der Waals surface area contributed by atoms with Crippen molar-refractivity contribution in [3.63, 3.8) is 0 Å². The Morgan fingerprint density at radius 1 is 0.962 bits per heavy atom. The predicted molar refractivity (Wildman–Crippen MR) is 105 cm³/mol. The topological polar surface area (TPSA) is 76.4 Å². The summed E-state index contributed by atoms with van der Waals surface area (Å²) in [6.07, 6.45) is 9.02. The molecule has 0 saturated heterocycles. The van der Waals surface area contributed by atoms with Crippen molar-refractivity contribution in [2.75, 3.05) is 19.6 Å². The van der Waals surface area contributed by atoms with Crippen LogP contribution in [0.4, 0.5) is 4.79 Å². The molecular weight excluding hydrogens is 326 g/mol. The van der Waals surface area contributed by atoms with Gasteiger partial charge in [-0.3, -0.25) is 4.90 Å². The third-order valence-electron chi connectivity index (χ3n) is 4.47. The maximum Gasteiger partial charge on any atom is 0.404 e. The van der Waals surface area contributed by atoms with Crippen molar-refractivity contribution in [1.29, 1.82) is 5.26 Å². The Hall–Kier alpha value is -2.06. The van der Waals surface area contributed by atoms with Crippen molar-refractivity contribution in [3.8, 4) is 6.07 Å². The van der Waals surface area contributed by atoms with Crippen molar-refractivity contribution >= 4 is 6.09 Å². The molecule has 5 heteroatoms. The maximum atomic E-state index is 10.3. The van der Waals surface area contributed by atoms with Gasteiger partial charge in [0.25, 0.3) is 0 Å². The zero-order valence-electron chi connectivity index (χ0n) is 15.8. The van der Waals surface area contributed by atoms with Crippen molar-refractivity contribution in [2.24, 2.45) is 0 Å². The minimum Gasteiger partial charge on any atom is -0.465 e. The first-order valence-electron chi connectivity index (χ1n) is 9.82. The van der Waals surface area contributed by atoms with Crippen LogP contribution in [0.15, 0.2) is 30.3 Å². The van der Waals surface area contributed by atoms with Crippen molar-refractivity contribution in [1.82, 2.24) is 10.2 Å². The molecule has 0 fully saturated rings. The van der Waals surface area contributed by atoms with Gasteiger partial charge in [0.05, 0.1) is 6.07 Å². The molecule has 0 aliphatic heterocycles. The van der Waals surface area contributed by atoms with Crippen LogP contribution in [0, 0.1) is 11.3 Å². The van der Waals surface area contributed by atoms with E-state index < -0.39 is 6.09 Å². The van der Waals surface area contributed by atoms with E-state index >= 15 is 0 Å². The molecule has 0 unspecified atom stereocenters. The molecule has 1 rings (SSSR count). The highest BCUT2D eigenvalue weighted by atomic mass is 16.4. The number of nitrogens with zero attached hydrogens (tertiary/aromatic N) is 2. The highest BCUT2D eigenvalue weighted by Crippen LogP contribution is 2.11. The molecule has 1 aromatic carbocycles. The average Bonchev–Trinajstić information content (AvgIpc) is 2.64. The van der Waals surface area contributed by atoms with Crippen molar-refractivity contribution in [2.45, 2.75) is 64.3 Å². The number of nitriles is 1. The smallest absolute Gasteiger partial charge is 0.404 e. The van der Waals surface area contributed by atoms with Gasteiger partial charge in [-0.25, -0.2) is 4.79 Å². The van der Waals surface area contributed by atoms with Crippen molar-refractivity contribution < 1.29 is 9.90 Å². The second-order valence-electron chi connectivity index (χ2n) is 6.73. The number of hydrogen-bond acceptors (Lipinski definition) is 3. The van der Waals surface area contributed by atoms with Gasteiger partial charge in [0.1, 0.15) is 0 Å². The van der Waals surface area contributed by atoms with E-state index in [9.17, 15) is 4.79 Å². The maximum absolute atomic E-state index is 10.3. The molecule has 144 valence electrons. The first-order chi connectivity index (χ1) is 12.7. The highest BCUT2D eigenvalue weighted by Gasteiger charge is 2.05. The van der Waals surface area contributed by atoms with E-state index in [2.05, 4.69) is 40.6 Å². The Bertz CT molecular complexity index is 514. The standard InChI is InChI=1S/C21H33N3O2/c22-15-12-18-24(19-20-13-8-7-9-14-20)17-11-6-4-2-1-3-5-10-16-23-21(25)26/h7-9,13-14,23H,1-6,10-12,16-19H2,(H,25,26). The van der Waals surface area contributed by atoms with Gasteiger partial charge in [-0.15, -0.1) is 0 Å². The quantitative estimate of drug-likeness (QED) is 0.441. The van der Waals surface area contributed by atoms with Gasteiger partial charge >= 0.3 is 6.09 Å². The Kier molecular flexibility index (Phi) is 12.9. The SMILES string of the molecule is N#CCCN(CCCCCCCCCCNC(=O)O)Cc1ccccc1. The Labute approximate surface area is 158 Å². The molecule has 1 amide bonds. The number of unbranched alkanes of at least 4 members (excludes halogenated alkanes) is 7. The molecule has 0 radical (unpaired) electrons. The van der Waals surface area contributed by atoms with Gasteiger partial charge in [0.15, 0.2) is 0 Å². The molecule has 0 atom stereocenters. The van der Waals surface area contributed by atoms with Crippen LogP contribution >= 0.6 is 0 Å². The lowest BCUT2D eigenvalue weighted by atomic mass is 10.1. The first kappa shape index (κ1) is 22.0. The summed E-state index contributed by atoms with van der Waals surface area (Å²) in [7, 11) is 0. The van der Waals surface area contributed by atoms with Crippen LogP contribution in [0.5, 0.6) is 0 Å². The number of benzene rings is 1. The minimum atomic E-state index is -0.930. The lowest BCUT2D eigenvalue weighted by Gasteiger charge is -2.21. The first-order valence-corrected chi connectivity index (χ1v) is 9.82. The molecule has 0 aromatic heterocycles. The zero-order chi connectivity index (χ0) is 18.9. The van der Waals surface area contributed by atoms with Crippen molar-refractivity contribution in [3.05, 3.63) is 35.9 Å². The predicted octanol–water partition coefficient (Wildman–Crippen LogP) is 4.79. The van der Waals surface area contributed by atoms with E-state index in [1.807, 2.05) is 6.07 Å². The average molecular weight is 360 g/mol. The van der Waals surface area contributed by atoms with Gasteiger partial charge in [0, 0.05) is 26.1 Å². The fraction of sp³-hybridized carbons (Fsp3) is 0.619. The summed E-state index contributed by atoms with van der Waals surface area (Å²) in [5.74, 6) is 0. The van der Waals surface area contributed by atoms with E-state index in [1.165, 1.54) is 44.1 Å². The summed E-state index contributed by atoms with van der Waals surface area (Å²) in [5.41, 5.74) is 1.31. The largest absolute Gasteiger partial charge is 0.465 e. The molecule has 0 aliphatic rings. The van der Waals surface area contributed by atoms with Crippen LogP contribution in [-0.4, -0.2) is 35.7 Å². The van der Waals surface area contributed by atoms with Crippen LogP contribution in [-0.2, 0) is 6.54 Å². The fourth-order valence-electron chi connectivity index (χ4n) is 3.04. The molecule has 2 N–H and O–H groups in total. The molecule has 5 nitrogen and oxygen atoms in total. The molecule has 0 bridgehead atoms. The Morgan fingerprint density at radius 3 is 2.19 bits per heavy atom. The van der Waals surface area contributed by atoms with Crippen LogP contribution in [0.3, 0.4) is 0 Å². The Balaban J connectivity index is 2.04. The van der Waals surface area contributed by atoms with Gasteiger partial charge in [0.2, 0.25) is 0 Å². The lowest BCUT2D eigenvalue weighted by molar-refractivity contribution is 0.194. The summed E-state index contributed by atoms with van der Waals surface area (Å²) >= 11 is 0. The number of hydrogen-bond donors (Lipinski definition) is 2. The number of carboxylic acid groups (broad SMARTS) is 1. The number of carbonyl (C=O) groups is 1. The van der Waals surface area contributed by atoms with Crippen LogP contribution < -0.4 is 5.32 Å². The molecule has 0 spiro atoms. The number of amides is 1. The normalized spacial score (nSPS) is 10.6. The minimum absolute atomic E-state index is 0.565. The summed E-state index contributed by atoms with van der Waals surface area (Å²) in [4.78, 5) is 12.7. The summed E-state index contributed by atoms with van der Waals surface area (Å²) in [5, 5.41) is 19.7. The second kappa shape index (κ2) is 15.2. The third-order valence-corrected chi connectivity index (χ3v) is 4.47. The van der Waals surface area contributed by atoms with E-state index in [0.717, 1.165) is 32.5 Å². The van der Waals surface area contributed by atoms with E-state index in [1.54, 1.807) is 0 Å². The monoisotopic (exact) mass is 359 g/mol. The summed E-state index contributed by atoms with van der Waals surface area (Å²) < 4.78 is 0. The fourth-order valence-corrected chi connectivity index (χ4v) is 3.04. The molecule has 0 aliphatic carbocycles. The summed E-state index contributed by atoms with van der Waals surface area (Å²) in [6.45, 7) is 3.38. The van der Waals surface area contributed by atoms with E-state index in [4.69, 9.17) is 10.4 Å². The van der Waals surface area contributed by atoms with Crippen LogP contribution in [0.2, 0.25) is 0 Å². The van der Waals surface area contributed by atoms with Crippen LogP contribution in [0.25, 0.3) is 0 Å². The van der Waals surface area contributed by atoms with E-state index in [-0.39, 0.29) is 0 Å². The van der Waals surface area contributed by atoms with Gasteiger partial charge < -0.3 is 10.4 Å².